The summed E-state index contributed by atoms with van der Waals surface area (Å²) in [6.45, 7) is 5.00. The Balaban J connectivity index is 1.98. The monoisotopic (exact) mass is 353 g/mol. The van der Waals surface area contributed by atoms with E-state index in [1.165, 1.54) is 7.11 Å². The van der Waals surface area contributed by atoms with Gasteiger partial charge in [0.15, 0.2) is 11.5 Å². The zero-order chi connectivity index (χ0) is 18.9. The maximum absolute atomic E-state index is 12.3. The van der Waals surface area contributed by atoms with E-state index in [9.17, 15) is 4.79 Å². The predicted octanol–water partition coefficient (Wildman–Crippen LogP) is 4.35. The van der Waals surface area contributed by atoms with Crippen molar-refractivity contribution < 1.29 is 19.0 Å². The van der Waals surface area contributed by atoms with Gasteiger partial charge >= 0.3 is 5.97 Å². The molecule has 0 N–H and O–H groups in total. The molecule has 0 aliphatic carbocycles. The zero-order valence-electron chi connectivity index (χ0n) is 15.3. The van der Waals surface area contributed by atoms with Crippen molar-refractivity contribution in [1.29, 1.82) is 5.26 Å². The molecule has 2 aromatic carbocycles. The fourth-order valence-corrected chi connectivity index (χ4v) is 2.23. The Kier molecular flexibility index (Phi) is 7.04. The third kappa shape index (κ3) is 5.52. The number of carbonyl (C=O) groups excluding carboxylic acids is 1. The molecule has 0 aromatic heterocycles. The van der Waals surface area contributed by atoms with Crippen LogP contribution in [-0.4, -0.2) is 19.7 Å². The summed E-state index contributed by atoms with van der Waals surface area (Å²) in [4.78, 5) is 12.3. The highest BCUT2D eigenvalue weighted by atomic mass is 16.5. The first-order valence-electron chi connectivity index (χ1n) is 8.50. The summed E-state index contributed by atoms with van der Waals surface area (Å²) in [5.74, 6) is 1.22. The van der Waals surface area contributed by atoms with Gasteiger partial charge < -0.3 is 14.2 Å². The van der Waals surface area contributed by atoms with Crippen LogP contribution in [-0.2, 0) is 11.3 Å². The Morgan fingerprint density at radius 1 is 1.12 bits per heavy atom. The van der Waals surface area contributed by atoms with Gasteiger partial charge in [-0.05, 0) is 48.2 Å². The summed E-state index contributed by atoms with van der Waals surface area (Å²) in [5.41, 5.74) is 1.78. The van der Waals surface area contributed by atoms with Crippen LogP contribution in [0, 0.1) is 17.2 Å². The van der Waals surface area contributed by atoms with Crippen molar-refractivity contribution in [3.05, 3.63) is 59.2 Å². The molecule has 0 aliphatic heterocycles. The second kappa shape index (κ2) is 9.47. The number of rotatable bonds is 8. The largest absolute Gasteiger partial charge is 0.493 e. The summed E-state index contributed by atoms with van der Waals surface area (Å²) >= 11 is 0. The van der Waals surface area contributed by atoms with Crippen molar-refractivity contribution in [2.75, 3.05) is 13.7 Å². The Labute approximate surface area is 154 Å². The summed E-state index contributed by atoms with van der Waals surface area (Å²) in [6, 6.07) is 14.0. The molecular formula is C21H23NO4. The summed E-state index contributed by atoms with van der Waals surface area (Å²) in [5, 5.41) is 8.79. The number of carbonyl (C=O) groups is 1. The number of ether oxygens (including phenoxy) is 3. The van der Waals surface area contributed by atoms with Crippen LogP contribution in [0.25, 0.3) is 0 Å². The smallest absolute Gasteiger partial charge is 0.338 e. The van der Waals surface area contributed by atoms with Crippen LogP contribution in [0.15, 0.2) is 42.5 Å². The first-order valence-corrected chi connectivity index (χ1v) is 8.50. The van der Waals surface area contributed by atoms with Crippen molar-refractivity contribution in [1.82, 2.24) is 0 Å². The van der Waals surface area contributed by atoms with Crippen molar-refractivity contribution in [2.24, 2.45) is 5.92 Å². The summed E-state index contributed by atoms with van der Waals surface area (Å²) < 4.78 is 16.4. The van der Waals surface area contributed by atoms with Crippen LogP contribution < -0.4 is 9.47 Å². The maximum atomic E-state index is 12.3. The van der Waals surface area contributed by atoms with Crippen molar-refractivity contribution in [3.8, 4) is 17.6 Å². The van der Waals surface area contributed by atoms with Crippen LogP contribution >= 0.6 is 0 Å². The number of nitriles is 1. The van der Waals surface area contributed by atoms with Crippen LogP contribution in [0.4, 0.5) is 0 Å². The number of hydrogen-bond acceptors (Lipinski definition) is 5. The number of hydrogen-bond donors (Lipinski definition) is 0. The molecule has 2 rings (SSSR count). The zero-order valence-corrected chi connectivity index (χ0v) is 15.3. The molecule has 0 bridgehead atoms. The molecule has 0 aliphatic rings. The molecule has 0 saturated heterocycles. The Morgan fingerprint density at radius 2 is 1.85 bits per heavy atom. The van der Waals surface area contributed by atoms with Gasteiger partial charge in [0.05, 0.1) is 30.9 Å². The number of nitrogens with zero attached hydrogens (tertiary/aromatic N) is 1. The lowest BCUT2D eigenvalue weighted by molar-refractivity contribution is 0.0472. The average Bonchev–Trinajstić information content (AvgIpc) is 2.66. The normalized spacial score (nSPS) is 10.3. The first kappa shape index (κ1) is 19.3. The highest BCUT2D eigenvalue weighted by Crippen LogP contribution is 2.28. The molecule has 0 saturated carbocycles. The molecule has 5 nitrogen and oxygen atoms in total. The molecule has 5 heteroatoms. The Morgan fingerprint density at radius 3 is 2.46 bits per heavy atom. The van der Waals surface area contributed by atoms with E-state index in [-0.39, 0.29) is 6.61 Å². The van der Waals surface area contributed by atoms with Gasteiger partial charge in [-0.2, -0.15) is 5.26 Å². The number of methoxy groups -OCH3 is 1. The van der Waals surface area contributed by atoms with Gasteiger partial charge in [0.25, 0.3) is 0 Å². The minimum Gasteiger partial charge on any atom is -0.493 e. The highest BCUT2D eigenvalue weighted by molar-refractivity contribution is 5.90. The second-order valence-electron chi connectivity index (χ2n) is 6.28. The van der Waals surface area contributed by atoms with E-state index in [4.69, 9.17) is 19.5 Å². The third-order valence-electron chi connectivity index (χ3n) is 3.81. The van der Waals surface area contributed by atoms with Crippen molar-refractivity contribution in [3.63, 3.8) is 0 Å². The lowest BCUT2D eigenvalue weighted by Gasteiger charge is -2.13. The van der Waals surface area contributed by atoms with Gasteiger partial charge in [-0.1, -0.05) is 26.0 Å². The Hall–Kier alpha value is -3.00. The molecule has 136 valence electrons. The van der Waals surface area contributed by atoms with E-state index in [0.29, 0.717) is 35.2 Å². The molecule has 0 amide bonds. The Bertz CT molecular complexity index is 776. The lowest BCUT2D eigenvalue weighted by Crippen LogP contribution is -2.07. The van der Waals surface area contributed by atoms with Gasteiger partial charge in [-0.15, -0.1) is 0 Å². The molecular weight excluding hydrogens is 330 g/mol. The number of benzene rings is 2. The molecule has 0 fully saturated rings. The van der Waals surface area contributed by atoms with E-state index < -0.39 is 5.97 Å². The van der Waals surface area contributed by atoms with E-state index >= 15 is 0 Å². The minimum absolute atomic E-state index is 0.138. The molecule has 0 heterocycles. The highest BCUT2D eigenvalue weighted by Gasteiger charge is 2.13. The van der Waals surface area contributed by atoms with Crippen LogP contribution in [0.3, 0.4) is 0 Å². The van der Waals surface area contributed by atoms with Crippen molar-refractivity contribution in [2.45, 2.75) is 26.9 Å². The number of esters is 1. The third-order valence-corrected chi connectivity index (χ3v) is 3.81. The van der Waals surface area contributed by atoms with Gasteiger partial charge in [0.2, 0.25) is 0 Å². The standard InChI is InChI=1S/C21H23NO4/c1-15(2)10-11-25-19-9-8-18(12-20(19)24-3)21(23)26-14-17-6-4-16(13-22)5-7-17/h4-9,12,15H,10-11,14H2,1-3H3. The van der Waals surface area contributed by atoms with E-state index in [1.807, 2.05) is 6.07 Å². The average molecular weight is 353 g/mol. The van der Waals surface area contributed by atoms with Gasteiger partial charge in [-0.3, -0.25) is 0 Å². The second-order valence-corrected chi connectivity index (χ2v) is 6.28. The van der Waals surface area contributed by atoms with E-state index in [2.05, 4.69) is 13.8 Å². The summed E-state index contributed by atoms with van der Waals surface area (Å²) in [6.07, 6.45) is 0.942. The van der Waals surface area contributed by atoms with Crippen LogP contribution in [0.1, 0.15) is 41.8 Å². The quantitative estimate of drug-likeness (QED) is 0.660. The molecule has 0 radical (unpaired) electrons. The van der Waals surface area contributed by atoms with Crippen LogP contribution in [0.2, 0.25) is 0 Å². The van der Waals surface area contributed by atoms with Crippen molar-refractivity contribution >= 4 is 5.97 Å². The molecule has 0 spiro atoms. The molecule has 0 unspecified atom stereocenters. The topological polar surface area (TPSA) is 68.5 Å². The van der Waals surface area contributed by atoms with E-state index in [0.717, 1.165) is 12.0 Å². The molecule has 2 aromatic rings. The first-order chi connectivity index (χ1) is 12.5. The lowest BCUT2D eigenvalue weighted by atomic mass is 10.1. The molecule has 0 atom stereocenters. The predicted molar refractivity (Wildman–Crippen MR) is 98.2 cm³/mol. The fraction of sp³-hybridized carbons (Fsp3) is 0.333. The van der Waals surface area contributed by atoms with Crippen LogP contribution in [0.5, 0.6) is 11.5 Å². The minimum atomic E-state index is -0.443. The van der Waals surface area contributed by atoms with E-state index in [1.54, 1.807) is 42.5 Å². The van der Waals surface area contributed by atoms with Gasteiger partial charge in [-0.25, -0.2) is 4.79 Å². The van der Waals surface area contributed by atoms with Gasteiger partial charge in [0, 0.05) is 0 Å². The maximum Gasteiger partial charge on any atom is 0.338 e. The molecule has 26 heavy (non-hydrogen) atoms. The van der Waals surface area contributed by atoms with Gasteiger partial charge in [0.1, 0.15) is 6.61 Å². The SMILES string of the molecule is COc1cc(C(=O)OCc2ccc(C#N)cc2)ccc1OCCC(C)C. The fourth-order valence-electron chi connectivity index (χ4n) is 2.23. The summed E-state index contributed by atoms with van der Waals surface area (Å²) in [7, 11) is 1.54.